The van der Waals surface area contributed by atoms with Crippen LogP contribution < -0.4 is 10.1 Å². The molecule has 1 N–H and O–H groups in total. The van der Waals surface area contributed by atoms with E-state index in [1.807, 2.05) is 38.1 Å². The van der Waals surface area contributed by atoms with Crippen LogP contribution >= 0.6 is 11.6 Å². The van der Waals surface area contributed by atoms with Crippen LogP contribution in [0.3, 0.4) is 0 Å². The van der Waals surface area contributed by atoms with Crippen LogP contribution in [0, 0.1) is 11.3 Å². The molecule has 1 amide bonds. The highest BCUT2D eigenvalue weighted by molar-refractivity contribution is 6.32. The largest absolute Gasteiger partial charge is 0.491 e. The van der Waals surface area contributed by atoms with E-state index in [0.29, 0.717) is 22.0 Å². The van der Waals surface area contributed by atoms with Gasteiger partial charge < -0.3 is 10.1 Å². The van der Waals surface area contributed by atoms with Crippen LogP contribution in [0.15, 0.2) is 42.5 Å². The zero-order chi connectivity index (χ0) is 19.4. The predicted molar refractivity (Wildman–Crippen MR) is 107 cm³/mol. The standard InChI is InChI=1S/C22H23ClN2O2/c1-15(2)27-17-9-10-20(16(13-17)14-24)25-21(26)22(11-5-6-12-22)18-7-3-4-8-19(18)23/h3-4,7-10,13,15H,5-6,11-12H2,1-2H3,(H,25,26). The van der Waals surface area contributed by atoms with Gasteiger partial charge in [-0.1, -0.05) is 42.6 Å². The number of benzene rings is 2. The Balaban J connectivity index is 1.91. The Labute approximate surface area is 165 Å². The Morgan fingerprint density at radius 3 is 2.56 bits per heavy atom. The third-order valence-electron chi connectivity index (χ3n) is 5.01. The number of halogens is 1. The third-order valence-corrected chi connectivity index (χ3v) is 5.34. The lowest BCUT2D eigenvalue weighted by atomic mass is 9.78. The van der Waals surface area contributed by atoms with Crippen molar-refractivity contribution in [2.75, 3.05) is 5.32 Å². The Morgan fingerprint density at radius 2 is 1.93 bits per heavy atom. The number of hydrogen-bond acceptors (Lipinski definition) is 3. The summed E-state index contributed by atoms with van der Waals surface area (Å²) in [7, 11) is 0. The molecule has 2 aromatic rings. The molecule has 0 unspecified atom stereocenters. The molecule has 4 nitrogen and oxygen atoms in total. The highest BCUT2D eigenvalue weighted by atomic mass is 35.5. The van der Waals surface area contributed by atoms with E-state index in [-0.39, 0.29) is 12.0 Å². The van der Waals surface area contributed by atoms with Crippen LogP contribution in [-0.2, 0) is 10.2 Å². The fourth-order valence-corrected chi connectivity index (χ4v) is 4.08. The van der Waals surface area contributed by atoms with E-state index in [4.69, 9.17) is 16.3 Å². The van der Waals surface area contributed by atoms with Crippen molar-refractivity contribution in [2.24, 2.45) is 0 Å². The van der Waals surface area contributed by atoms with Gasteiger partial charge in [0.1, 0.15) is 11.8 Å². The molecule has 0 aromatic heterocycles. The number of anilines is 1. The quantitative estimate of drug-likeness (QED) is 0.747. The van der Waals surface area contributed by atoms with Gasteiger partial charge in [0.2, 0.25) is 5.91 Å². The molecule has 27 heavy (non-hydrogen) atoms. The van der Waals surface area contributed by atoms with Crippen LogP contribution in [0.2, 0.25) is 5.02 Å². The lowest BCUT2D eigenvalue weighted by Crippen LogP contribution is -2.38. The number of amides is 1. The van der Waals surface area contributed by atoms with E-state index in [1.54, 1.807) is 18.2 Å². The second-order valence-electron chi connectivity index (χ2n) is 7.21. The summed E-state index contributed by atoms with van der Waals surface area (Å²) >= 11 is 6.42. The second kappa shape index (κ2) is 8.02. The van der Waals surface area contributed by atoms with Crippen molar-refractivity contribution in [2.45, 2.75) is 51.0 Å². The van der Waals surface area contributed by atoms with E-state index in [1.165, 1.54) is 0 Å². The van der Waals surface area contributed by atoms with Gasteiger partial charge in [0, 0.05) is 11.1 Å². The molecule has 5 heteroatoms. The first-order valence-corrected chi connectivity index (χ1v) is 9.61. The van der Waals surface area contributed by atoms with E-state index in [0.717, 1.165) is 31.2 Å². The first kappa shape index (κ1) is 19.3. The number of carbonyl (C=O) groups excluding carboxylic acids is 1. The molecule has 0 bridgehead atoms. The molecule has 140 valence electrons. The van der Waals surface area contributed by atoms with Gasteiger partial charge in [-0.05, 0) is 50.5 Å². The van der Waals surface area contributed by atoms with Crippen molar-refractivity contribution in [1.29, 1.82) is 5.26 Å². The van der Waals surface area contributed by atoms with E-state index < -0.39 is 5.41 Å². The summed E-state index contributed by atoms with van der Waals surface area (Å²) in [6.45, 7) is 3.85. The summed E-state index contributed by atoms with van der Waals surface area (Å²) in [5.41, 5.74) is 1.09. The number of rotatable bonds is 5. The molecule has 1 saturated carbocycles. The lowest BCUT2D eigenvalue weighted by Gasteiger charge is -2.29. The summed E-state index contributed by atoms with van der Waals surface area (Å²) in [5, 5.41) is 13.1. The molecular weight excluding hydrogens is 360 g/mol. The summed E-state index contributed by atoms with van der Waals surface area (Å²) in [4.78, 5) is 13.3. The first-order chi connectivity index (χ1) is 13.0. The summed E-state index contributed by atoms with van der Waals surface area (Å²) < 4.78 is 5.64. The minimum Gasteiger partial charge on any atom is -0.491 e. The number of hydrogen-bond donors (Lipinski definition) is 1. The SMILES string of the molecule is CC(C)Oc1ccc(NC(=O)C2(c3ccccc3Cl)CCCC2)c(C#N)c1. The zero-order valence-corrected chi connectivity index (χ0v) is 16.3. The highest BCUT2D eigenvalue weighted by Gasteiger charge is 2.44. The van der Waals surface area contributed by atoms with Crippen molar-refractivity contribution >= 4 is 23.2 Å². The molecule has 0 atom stereocenters. The second-order valence-corrected chi connectivity index (χ2v) is 7.62. The number of nitrogens with one attached hydrogen (secondary N) is 1. The van der Waals surface area contributed by atoms with E-state index in [9.17, 15) is 10.1 Å². The Morgan fingerprint density at radius 1 is 1.22 bits per heavy atom. The molecule has 0 heterocycles. The van der Waals surface area contributed by atoms with Crippen molar-refractivity contribution in [3.05, 3.63) is 58.6 Å². The number of nitriles is 1. The van der Waals surface area contributed by atoms with Gasteiger partial charge in [-0.15, -0.1) is 0 Å². The topological polar surface area (TPSA) is 62.1 Å². The average molecular weight is 383 g/mol. The Bertz CT molecular complexity index is 880. The maximum Gasteiger partial charge on any atom is 0.235 e. The maximum absolute atomic E-state index is 13.3. The average Bonchev–Trinajstić information content (AvgIpc) is 3.13. The molecule has 0 saturated heterocycles. The normalized spacial score (nSPS) is 15.4. The summed E-state index contributed by atoms with van der Waals surface area (Å²) in [6.07, 6.45) is 3.47. The summed E-state index contributed by atoms with van der Waals surface area (Å²) in [6, 6.07) is 14.8. The van der Waals surface area contributed by atoms with Gasteiger partial charge >= 0.3 is 0 Å². The highest BCUT2D eigenvalue weighted by Crippen LogP contribution is 2.44. The Hall–Kier alpha value is -2.51. The zero-order valence-electron chi connectivity index (χ0n) is 15.6. The third kappa shape index (κ3) is 3.94. The van der Waals surface area contributed by atoms with Crippen LogP contribution in [0.1, 0.15) is 50.7 Å². The fourth-order valence-electron chi connectivity index (χ4n) is 3.76. The van der Waals surface area contributed by atoms with Crippen molar-refractivity contribution in [3.63, 3.8) is 0 Å². The molecule has 1 aliphatic rings. The van der Waals surface area contributed by atoms with Gasteiger partial charge in [-0.2, -0.15) is 5.26 Å². The van der Waals surface area contributed by atoms with Gasteiger partial charge in [0.15, 0.2) is 0 Å². The van der Waals surface area contributed by atoms with Crippen molar-refractivity contribution in [1.82, 2.24) is 0 Å². The molecule has 3 rings (SSSR count). The van der Waals surface area contributed by atoms with Gasteiger partial charge in [0.25, 0.3) is 0 Å². The summed E-state index contributed by atoms with van der Waals surface area (Å²) in [5.74, 6) is 0.503. The van der Waals surface area contributed by atoms with Gasteiger partial charge in [-0.25, -0.2) is 0 Å². The molecular formula is C22H23ClN2O2. The fraction of sp³-hybridized carbons (Fsp3) is 0.364. The maximum atomic E-state index is 13.3. The molecule has 0 spiro atoms. The molecule has 1 aliphatic carbocycles. The molecule has 0 radical (unpaired) electrons. The predicted octanol–water partition coefficient (Wildman–Crippen LogP) is 5.45. The minimum absolute atomic E-state index is 0.0129. The number of carbonyl (C=O) groups is 1. The van der Waals surface area contributed by atoms with E-state index in [2.05, 4.69) is 11.4 Å². The first-order valence-electron chi connectivity index (χ1n) is 9.23. The smallest absolute Gasteiger partial charge is 0.235 e. The van der Waals surface area contributed by atoms with Crippen LogP contribution in [-0.4, -0.2) is 12.0 Å². The lowest BCUT2D eigenvalue weighted by molar-refractivity contribution is -0.121. The molecule has 1 fully saturated rings. The molecule has 0 aliphatic heterocycles. The van der Waals surface area contributed by atoms with Gasteiger partial charge in [-0.3, -0.25) is 4.79 Å². The van der Waals surface area contributed by atoms with Crippen molar-refractivity contribution in [3.8, 4) is 11.8 Å². The number of ether oxygens (including phenoxy) is 1. The van der Waals surface area contributed by atoms with Crippen LogP contribution in [0.5, 0.6) is 5.75 Å². The minimum atomic E-state index is -0.655. The Kier molecular flexibility index (Phi) is 5.72. The van der Waals surface area contributed by atoms with Crippen LogP contribution in [0.4, 0.5) is 5.69 Å². The number of nitrogens with zero attached hydrogens (tertiary/aromatic N) is 1. The monoisotopic (exact) mass is 382 g/mol. The molecule has 2 aromatic carbocycles. The van der Waals surface area contributed by atoms with E-state index >= 15 is 0 Å². The van der Waals surface area contributed by atoms with Crippen LogP contribution in [0.25, 0.3) is 0 Å². The van der Waals surface area contributed by atoms with Crippen molar-refractivity contribution < 1.29 is 9.53 Å². The van der Waals surface area contributed by atoms with Gasteiger partial charge in [0.05, 0.1) is 22.8 Å².